The quantitative estimate of drug-likeness (QED) is 0.238. The van der Waals surface area contributed by atoms with Crippen molar-refractivity contribution >= 4 is 35.7 Å². The Morgan fingerprint density at radius 1 is 1.08 bits per heavy atom. The molecule has 1 unspecified atom stereocenters. The summed E-state index contributed by atoms with van der Waals surface area (Å²) in [5.74, 6) is -2.18. The van der Waals surface area contributed by atoms with Crippen molar-refractivity contribution in [3.8, 4) is 0 Å². The number of nitrogens with one attached hydrogen (secondary N) is 2. The van der Waals surface area contributed by atoms with Crippen molar-refractivity contribution in [2.24, 2.45) is 0 Å². The molecule has 11 heteroatoms. The Balaban J connectivity index is 0.00000481. The van der Waals surface area contributed by atoms with Gasteiger partial charge in [-0.2, -0.15) is 0 Å². The number of carbonyl (C=O) groups is 2. The number of anilines is 1. The number of hydrogen-bond acceptors (Lipinski definition) is 9. The largest absolute Gasteiger partial charge is 0.466 e. The molecule has 37 heavy (non-hydrogen) atoms. The van der Waals surface area contributed by atoms with E-state index in [9.17, 15) is 19.7 Å². The van der Waals surface area contributed by atoms with E-state index in [1.54, 1.807) is 19.9 Å². The number of hydrogen-bond donors (Lipinski definition) is 3. The molecule has 0 aromatic heterocycles. The molecule has 0 fully saturated rings. The zero-order chi connectivity index (χ0) is 26.2. The SMILES string of the molecule is COC(=O)C1=C(C)NC(C)=C(C(=O)OCCc2ccc(NCCO)cc2)C1c1cccc([N+](=O)[O-])c1.Cl. The maximum absolute atomic E-state index is 13.3. The number of nitrogens with zero attached hydrogens (tertiary/aromatic N) is 1. The molecule has 1 aliphatic heterocycles. The van der Waals surface area contributed by atoms with Gasteiger partial charge in [-0.1, -0.05) is 24.3 Å². The van der Waals surface area contributed by atoms with Crippen molar-refractivity contribution in [3.63, 3.8) is 0 Å². The molecule has 1 atom stereocenters. The van der Waals surface area contributed by atoms with Gasteiger partial charge in [-0.05, 0) is 37.1 Å². The second kappa shape index (κ2) is 13.4. The number of ether oxygens (including phenoxy) is 2. The van der Waals surface area contributed by atoms with Crippen LogP contribution in [0.3, 0.4) is 0 Å². The van der Waals surface area contributed by atoms with E-state index >= 15 is 0 Å². The average molecular weight is 532 g/mol. The fourth-order valence-corrected chi connectivity index (χ4v) is 4.13. The summed E-state index contributed by atoms with van der Waals surface area (Å²) < 4.78 is 10.5. The summed E-state index contributed by atoms with van der Waals surface area (Å²) in [6.45, 7) is 3.95. The van der Waals surface area contributed by atoms with Gasteiger partial charge < -0.3 is 25.2 Å². The smallest absolute Gasteiger partial charge is 0.336 e. The van der Waals surface area contributed by atoms with Crippen molar-refractivity contribution in [3.05, 3.63) is 92.3 Å². The van der Waals surface area contributed by atoms with E-state index in [4.69, 9.17) is 14.6 Å². The number of non-ortho nitro benzene ring substituents is 1. The van der Waals surface area contributed by atoms with E-state index in [2.05, 4.69) is 10.6 Å². The predicted octanol–water partition coefficient (Wildman–Crippen LogP) is 3.61. The molecule has 198 valence electrons. The van der Waals surface area contributed by atoms with Crippen LogP contribution in [-0.4, -0.2) is 48.8 Å². The number of carbonyl (C=O) groups excluding carboxylic acids is 2. The predicted molar refractivity (Wildman–Crippen MR) is 140 cm³/mol. The van der Waals surface area contributed by atoms with Crippen LogP contribution in [0.15, 0.2) is 71.1 Å². The van der Waals surface area contributed by atoms with Crippen molar-refractivity contribution < 1.29 is 29.1 Å². The molecule has 0 radical (unpaired) electrons. The molecule has 0 amide bonds. The molecule has 2 aromatic rings. The third kappa shape index (κ3) is 7.08. The van der Waals surface area contributed by atoms with Crippen LogP contribution < -0.4 is 10.6 Å². The molecular weight excluding hydrogens is 502 g/mol. The summed E-state index contributed by atoms with van der Waals surface area (Å²) in [6, 6.07) is 13.4. The molecule has 2 aromatic carbocycles. The maximum Gasteiger partial charge on any atom is 0.336 e. The topological polar surface area (TPSA) is 140 Å². The molecule has 0 bridgehead atoms. The maximum atomic E-state index is 13.3. The van der Waals surface area contributed by atoms with Gasteiger partial charge >= 0.3 is 11.9 Å². The summed E-state index contributed by atoms with van der Waals surface area (Å²) in [5.41, 5.74) is 3.41. The number of allylic oxidation sites excluding steroid dienone is 2. The number of nitro groups is 1. The van der Waals surface area contributed by atoms with Crippen LogP contribution in [0.2, 0.25) is 0 Å². The lowest BCUT2D eigenvalue weighted by atomic mass is 9.80. The van der Waals surface area contributed by atoms with Crippen LogP contribution in [0, 0.1) is 10.1 Å². The zero-order valence-electron chi connectivity index (χ0n) is 20.8. The number of nitro benzene ring substituents is 1. The second-order valence-electron chi connectivity index (χ2n) is 8.21. The van der Waals surface area contributed by atoms with Gasteiger partial charge in [-0.25, -0.2) is 9.59 Å². The fraction of sp³-hybridized carbons (Fsp3) is 0.308. The van der Waals surface area contributed by atoms with Gasteiger partial charge in [0.2, 0.25) is 0 Å². The highest BCUT2D eigenvalue weighted by atomic mass is 35.5. The van der Waals surface area contributed by atoms with E-state index < -0.39 is 22.8 Å². The number of aliphatic hydroxyl groups excluding tert-OH is 1. The minimum atomic E-state index is -0.900. The van der Waals surface area contributed by atoms with Crippen LogP contribution in [0.1, 0.15) is 30.9 Å². The van der Waals surface area contributed by atoms with Crippen LogP contribution in [0.5, 0.6) is 0 Å². The summed E-state index contributed by atoms with van der Waals surface area (Å²) in [4.78, 5) is 36.8. The lowest BCUT2D eigenvalue weighted by molar-refractivity contribution is -0.384. The van der Waals surface area contributed by atoms with Gasteiger partial charge in [0.1, 0.15) is 0 Å². The minimum Gasteiger partial charge on any atom is -0.466 e. The Morgan fingerprint density at radius 3 is 2.32 bits per heavy atom. The van der Waals surface area contributed by atoms with Gasteiger partial charge in [-0.3, -0.25) is 10.1 Å². The highest BCUT2D eigenvalue weighted by Gasteiger charge is 2.38. The third-order valence-electron chi connectivity index (χ3n) is 5.82. The first kappa shape index (κ1) is 29.3. The van der Waals surface area contributed by atoms with Crippen LogP contribution >= 0.6 is 12.4 Å². The Bertz CT molecular complexity index is 1210. The minimum absolute atomic E-state index is 0. The molecule has 0 saturated carbocycles. The molecule has 10 nitrogen and oxygen atoms in total. The number of esters is 2. The summed E-state index contributed by atoms with van der Waals surface area (Å²) in [6.07, 6.45) is 0.464. The summed E-state index contributed by atoms with van der Waals surface area (Å²) in [5, 5.41) is 26.4. The fourth-order valence-electron chi connectivity index (χ4n) is 4.13. The first-order chi connectivity index (χ1) is 17.3. The van der Waals surface area contributed by atoms with E-state index in [1.807, 2.05) is 24.3 Å². The molecule has 3 N–H and O–H groups in total. The normalized spacial score (nSPS) is 14.9. The number of aliphatic hydroxyl groups is 1. The Hall–Kier alpha value is -3.89. The van der Waals surface area contributed by atoms with Crippen molar-refractivity contribution in [2.45, 2.75) is 26.2 Å². The monoisotopic (exact) mass is 531 g/mol. The molecule has 3 rings (SSSR count). The average Bonchev–Trinajstić information content (AvgIpc) is 2.87. The van der Waals surface area contributed by atoms with Crippen molar-refractivity contribution in [1.82, 2.24) is 5.32 Å². The van der Waals surface area contributed by atoms with E-state index in [0.29, 0.717) is 29.9 Å². The Morgan fingerprint density at radius 2 is 1.73 bits per heavy atom. The highest BCUT2D eigenvalue weighted by molar-refractivity contribution is 5.99. The number of dihydropyridines is 1. The first-order valence-corrected chi connectivity index (χ1v) is 11.4. The number of rotatable bonds is 10. The van der Waals surface area contributed by atoms with Crippen LogP contribution in [0.4, 0.5) is 11.4 Å². The molecule has 0 saturated heterocycles. The van der Waals surface area contributed by atoms with Gasteiger partial charge in [0, 0.05) is 42.2 Å². The van der Waals surface area contributed by atoms with Crippen molar-refractivity contribution in [1.29, 1.82) is 0 Å². The molecule has 1 aliphatic rings. The van der Waals surface area contributed by atoms with Crippen LogP contribution in [-0.2, 0) is 25.5 Å². The summed E-state index contributed by atoms with van der Waals surface area (Å²) >= 11 is 0. The number of halogens is 1. The van der Waals surface area contributed by atoms with E-state index in [1.165, 1.54) is 25.3 Å². The molecule has 0 spiro atoms. The Kier molecular flexibility index (Phi) is 10.6. The van der Waals surface area contributed by atoms with Gasteiger partial charge in [0.05, 0.1) is 42.3 Å². The Labute approximate surface area is 220 Å². The number of benzene rings is 2. The lowest BCUT2D eigenvalue weighted by Gasteiger charge is -2.30. The van der Waals surface area contributed by atoms with E-state index in [0.717, 1.165) is 11.3 Å². The molecule has 1 heterocycles. The van der Waals surface area contributed by atoms with Crippen molar-refractivity contribution in [2.75, 3.05) is 32.2 Å². The van der Waals surface area contributed by atoms with Gasteiger partial charge in [0.15, 0.2) is 0 Å². The number of methoxy groups -OCH3 is 1. The summed E-state index contributed by atoms with van der Waals surface area (Å²) in [7, 11) is 1.24. The lowest BCUT2D eigenvalue weighted by Crippen LogP contribution is -2.32. The van der Waals surface area contributed by atoms with E-state index in [-0.39, 0.29) is 42.5 Å². The molecule has 0 aliphatic carbocycles. The van der Waals surface area contributed by atoms with Gasteiger partial charge in [0.25, 0.3) is 5.69 Å². The second-order valence-corrected chi connectivity index (χ2v) is 8.21. The third-order valence-corrected chi connectivity index (χ3v) is 5.82. The first-order valence-electron chi connectivity index (χ1n) is 11.4. The van der Waals surface area contributed by atoms with Gasteiger partial charge in [-0.15, -0.1) is 12.4 Å². The van der Waals surface area contributed by atoms with Crippen LogP contribution in [0.25, 0.3) is 0 Å². The standard InChI is InChI=1S/C26H29N3O7.ClH/c1-16-22(25(31)35-3)24(19-5-4-6-21(15-19)29(33)34)23(17(2)28-16)26(32)36-14-11-18-7-9-20(10-8-18)27-12-13-30;/h4-10,15,24,27-28,30H,11-14H2,1-3H3;1H. The molecular formula is C26H30ClN3O7. The highest BCUT2D eigenvalue weighted by Crippen LogP contribution is 2.40. The zero-order valence-corrected chi connectivity index (χ0v) is 21.6.